The Hall–Kier alpha value is -1.58. The Bertz CT molecular complexity index is 432. The number of hydrogen-bond acceptors (Lipinski definition) is 5. The van der Waals surface area contributed by atoms with Gasteiger partial charge in [0.15, 0.2) is 11.9 Å². The average Bonchev–Trinajstić information content (AvgIpc) is 2.63. The van der Waals surface area contributed by atoms with Crippen LogP contribution in [0.5, 0.6) is 0 Å². The second-order valence-corrected chi connectivity index (χ2v) is 8.84. The van der Waals surface area contributed by atoms with Gasteiger partial charge in [-0.3, -0.25) is 9.98 Å². The Kier molecular flexibility index (Phi) is 18.2. The van der Waals surface area contributed by atoms with Crippen LogP contribution in [0, 0.1) is 0 Å². The van der Waals surface area contributed by atoms with Crippen LogP contribution < -0.4 is 37.2 Å². The van der Waals surface area contributed by atoms with Gasteiger partial charge in [-0.25, -0.2) is 0 Å². The quantitative estimate of drug-likeness (QED) is 0.106. The first-order valence-corrected chi connectivity index (χ1v) is 12.0. The molecule has 0 aromatic rings. The molecular weight excluding hydrogens is 390 g/mol. The van der Waals surface area contributed by atoms with E-state index < -0.39 is 0 Å². The van der Waals surface area contributed by atoms with Crippen molar-refractivity contribution in [2.45, 2.75) is 79.6 Å². The lowest BCUT2D eigenvalue weighted by molar-refractivity contribution is 0.574. The molecule has 0 rings (SSSR count). The van der Waals surface area contributed by atoms with E-state index in [1.165, 1.54) is 0 Å². The third-order valence-corrected chi connectivity index (χ3v) is 3.77. The molecule has 0 aliphatic heterocycles. The summed E-state index contributed by atoms with van der Waals surface area (Å²) in [6, 6.07) is 1.31. The summed E-state index contributed by atoms with van der Waals surface area (Å²) >= 11 is 0. The molecule has 0 spiro atoms. The summed E-state index contributed by atoms with van der Waals surface area (Å²) in [5.41, 5.74) is 0. The van der Waals surface area contributed by atoms with Gasteiger partial charge in [-0.15, -0.1) is 0 Å². The predicted octanol–water partition coefficient (Wildman–Crippen LogP) is 0.459. The van der Waals surface area contributed by atoms with Crippen molar-refractivity contribution in [2.24, 2.45) is 9.98 Å². The van der Waals surface area contributed by atoms with Gasteiger partial charge in [-0.1, -0.05) is 0 Å². The highest BCUT2D eigenvalue weighted by molar-refractivity contribution is 5.80. The van der Waals surface area contributed by atoms with Gasteiger partial charge < -0.3 is 37.2 Å². The molecule has 0 fully saturated rings. The van der Waals surface area contributed by atoms with Crippen molar-refractivity contribution in [2.75, 3.05) is 52.4 Å². The van der Waals surface area contributed by atoms with Gasteiger partial charge in [0.1, 0.15) is 0 Å². The summed E-state index contributed by atoms with van der Waals surface area (Å²) in [7, 11) is 0. The monoisotopic (exact) mass is 441 g/mol. The first-order valence-electron chi connectivity index (χ1n) is 12.0. The van der Waals surface area contributed by atoms with Crippen LogP contribution in [-0.4, -0.2) is 88.4 Å². The van der Waals surface area contributed by atoms with Crippen LogP contribution in [0.4, 0.5) is 0 Å². The summed E-state index contributed by atoms with van der Waals surface area (Å²) in [6.07, 6.45) is 0. The van der Waals surface area contributed by atoms with E-state index in [0.717, 1.165) is 64.3 Å². The molecule has 9 nitrogen and oxygen atoms in total. The van der Waals surface area contributed by atoms with Gasteiger partial charge in [0.05, 0.1) is 0 Å². The van der Waals surface area contributed by atoms with E-state index in [-0.39, 0.29) is 12.1 Å². The molecule has 7 N–H and O–H groups in total. The molecule has 31 heavy (non-hydrogen) atoms. The Morgan fingerprint density at radius 2 is 0.774 bits per heavy atom. The third kappa shape index (κ3) is 21.4. The minimum Gasteiger partial charge on any atom is -0.355 e. The lowest BCUT2D eigenvalue weighted by atomic mass is 10.4. The topological polar surface area (TPSA) is 109 Å². The normalized spacial score (nSPS) is 12.9. The van der Waals surface area contributed by atoms with Gasteiger partial charge in [-0.2, -0.15) is 0 Å². The van der Waals surface area contributed by atoms with Crippen molar-refractivity contribution in [1.29, 1.82) is 0 Å². The summed E-state index contributed by atoms with van der Waals surface area (Å²) in [5, 5.41) is 23.8. The van der Waals surface area contributed by atoms with E-state index in [1.54, 1.807) is 0 Å². The van der Waals surface area contributed by atoms with Gasteiger partial charge in [0.2, 0.25) is 0 Å². The Morgan fingerprint density at radius 1 is 0.484 bits per heavy atom. The summed E-state index contributed by atoms with van der Waals surface area (Å²) in [5.74, 6) is 1.76. The molecule has 0 atom stereocenters. The molecule has 0 saturated carbocycles. The van der Waals surface area contributed by atoms with E-state index in [2.05, 4.69) is 103 Å². The maximum absolute atomic E-state index is 4.57. The third-order valence-electron chi connectivity index (χ3n) is 3.77. The van der Waals surface area contributed by atoms with Crippen molar-refractivity contribution in [1.82, 2.24) is 37.2 Å². The Labute approximate surface area is 191 Å². The van der Waals surface area contributed by atoms with Crippen molar-refractivity contribution >= 4 is 11.9 Å². The van der Waals surface area contributed by atoms with E-state index in [4.69, 9.17) is 0 Å². The van der Waals surface area contributed by atoms with Crippen molar-refractivity contribution < 1.29 is 0 Å². The molecule has 0 aliphatic rings. The van der Waals surface area contributed by atoms with Gasteiger partial charge in [0, 0.05) is 76.5 Å². The van der Waals surface area contributed by atoms with E-state index in [0.29, 0.717) is 12.1 Å². The minimum absolute atomic E-state index is 0.280. The summed E-state index contributed by atoms with van der Waals surface area (Å²) in [6.45, 7) is 24.2. The lowest BCUT2D eigenvalue weighted by Crippen LogP contribution is -2.45. The Balaban J connectivity index is 3.63. The summed E-state index contributed by atoms with van der Waals surface area (Å²) < 4.78 is 0. The predicted molar refractivity (Wildman–Crippen MR) is 136 cm³/mol. The maximum atomic E-state index is 4.57. The van der Waals surface area contributed by atoms with E-state index in [1.807, 2.05) is 0 Å². The largest absolute Gasteiger partial charge is 0.355 e. The second-order valence-electron chi connectivity index (χ2n) is 8.84. The highest BCUT2D eigenvalue weighted by Crippen LogP contribution is 1.88. The first kappa shape index (κ1) is 29.4. The molecule has 184 valence electrons. The number of guanidine groups is 2. The van der Waals surface area contributed by atoms with Crippen LogP contribution in [-0.2, 0) is 0 Å². The van der Waals surface area contributed by atoms with Gasteiger partial charge in [0.25, 0.3) is 0 Å². The van der Waals surface area contributed by atoms with Crippen LogP contribution in [0.25, 0.3) is 0 Å². The number of rotatable bonds is 16. The van der Waals surface area contributed by atoms with Crippen LogP contribution in [0.2, 0.25) is 0 Å². The van der Waals surface area contributed by atoms with E-state index >= 15 is 0 Å². The second kappa shape index (κ2) is 19.1. The zero-order valence-electron chi connectivity index (χ0n) is 21.4. The zero-order valence-corrected chi connectivity index (χ0v) is 21.4. The van der Waals surface area contributed by atoms with Crippen LogP contribution in [0.1, 0.15) is 55.4 Å². The number of nitrogens with zero attached hydrogens (tertiary/aromatic N) is 2. The maximum Gasteiger partial charge on any atom is 0.191 e. The first-order chi connectivity index (χ1) is 14.7. The SMILES string of the molecule is CC(C)N=C(NCCNCCNCCNCCNC(=NC(C)C)NC(C)C)NC(C)C. The molecule has 0 heterocycles. The molecule has 0 aromatic carbocycles. The standard InChI is InChI=1S/C22H51N9/c1-17(2)28-21(29-18(3)4)26-15-13-24-11-9-23-10-12-25-14-16-27-22(30-19(5)6)31-20(7)8/h17-20,23-25H,9-16H2,1-8H3,(H2,26,28,29)(H2,27,30,31). The van der Waals surface area contributed by atoms with Crippen LogP contribution in [0.15, 0.2) is 9.98 Å². The molecule has 0 radical (unpaired) electrons. The Morgan fingerprint density at radius 3 is 1.03 bits per heavy atom. The van der Waals surface area contributed by atoms with Gasteiger partial charge >= 0.3 is 0 Å². The molecule has 9 heteroatoms. The zero-order chi connectivity index (χ0) is 23.5. The summed E-state index contributed by atoms with van der Waals surface area (Å²) in [4.78, 5) is 9.15. The van der Waals surface area contributed by atoms with Gasteiger partial charge in [-0.05, 0) is 55.4 Å². The molecule has 0 aliphatic carbocycles. The van der Waals surface area contributed by atoms with Crippen LogP contribution in [0.3, 0.4) is 0 Å². The number of aliphatic imine (C=N–C) groups is 2. The molecule has 0 unspecified atom stereocenters. The van der Waals surface area contributed by atoms with E-state index in [9.17, 15) is 0 Å². The number of nitrogens with one attached hydrogen (secondary N) is 7. The molecule has 0 saturated heterocycles. The highest BCUT2D eigenvalue weighted by Gasteiger charge is 2.02. The van der Waals surface area contributed by atoms with Crippen LogP contribution >= 0.6 is 0 Å². The number of hydrogen-bond donors (Lipinski definition) is 7. The minimum atomic E-state index is 0.280. The van der Waals surface area contributed by atoms with Crippen molar-refractivity contribution in [3.05, 3.63) is 0 Å². The smallest absolute Gasteiger partial charge is 0.191 e. The fourth-order valence-electron chi connectivity index (χ4n) is 2.60. The van der Waals surface area contributed by atoms with Crippen molar-refractivity contribution in [3.8, 4) is 0 Å². The molecular formula is C22H51N9. The fourth-order valence-corrected chi connectivity index (χ4v) is 2.60. The molecule has 0 bridgehead atoms. The fraction of sp³-hybridized carbons (Fsp3) is 0.909. The molecule has 0 aromatic heterocycles. The average molecular weight is 442 g/mol. The lowest BCUT2D eigenvalue weighted by Gasteiger charge is -2.16. The van der Waals surface area contributed by atoms with Crippen molar-refractivity contribution in [3.63, 3.8) is 0 Å². The molecule has 0 amide bonds. The highest BCUT2D eigenvalue weighted by atomic mass is 15.2.